The van der Waals surface area contributed by atoms with Gasteiger partial charge in [0.1, 0.15) is 0 Å². The minimum Gasteiger partial charge on any atom is -0.481 e. The molecule has 1 heterocycles. The Morgan fingerprint density at radius 2 is 2.27 bits per heavy atom. The molecule has 0 aromatic rings. The van der Waals surface area contributed by atoms with Gasteiger partial charge in [-0.25, -0.2) is 4.72 Å². The van der Waals surface area contributed by atoms with E-state index in [0.29, 0.717) is 19.0 Å². The number of nitrogens with zero attached hydrogens (tertiary/aromatic N) is 1. The van der Waals surface area contributed by atoms with Crippen molar-refractivity contribution >= 4 is 16.2 Å². The van der Waals surface area contributed by atoms with Crippen LogP contribution in [-0.2, 0) is 15.0 Å². The summed E-state index contributed by atoms with van der Waals surface area (Å²) in [5.41, 5.74) is 0. The van der Waals surface area contributed by atoms with Crippen LogP contribution in [-0.4, -0.2) is 43.4 Å². The van der Waals surface area contributed by atoms with E-state index in [1.54, 1.807) is 0 Å². The molecule has 88 valence electrons. The fourth-order valence-electron chi connectivity index (χ4n) is 1.49. The van der Waals surface area contributed by atoms with Crippen molar-refractivity contribution in [1.82, 2.24) is 9.03 Å². The highest BCUT2D eigenvalue weighted by molar-refractivity contribution is 7.87. The Morgan fingerprint density at radius 3 is 2.73 bits per heavy atom. The Kier molecular flexibility index (Phi) is 4.06. The predicted molar refractivity (Wildman–Crippen MR) is 54.5 cm³/mol. The Bertz CT molecular complexity index is 328. The summed E-state index contributed by atoms with van der Waals surface area (Å²) in [6.07, 6.45) is 0.669. The van der Waals surface area contributed by atoms with E-state index in [1.165, 1.54) is 4.31 Å². The maximum atomic E-state index is 11.6. The summed E-state index contributed by atoms with van der Waals surface area (Å²) in [5.74, 6) is -0.631. The van der Waals surface area contributed by atoms with E-state index < -0.39 is 16.2 Å². The number of carboxylic acid groups (broad SMARTS) is 1. The van der Waals surface area contributed by atoms with Crippen molar-refractivity contribution in [2.75, 3.05) is 19.6 Å². The number of hydrogen-bond donors (Lipinski definition) is 2. The topological polar surface area (TPSA) is 86.7 Å². The molecule has 6 nitrogen and oxygen atoms in total. The lowest BCUT2D eigenvalue weighted by Crippen LogP contribution is -2.40. The minimum absolute atomic E-state index is 0.0530. The summed E-state index contributed by atoms with van der Waals surface area (Å²) in [6, 6.07) is 0. The van der Waals surface area contributed by atoms with Gasteiger partial charge in [0, 0.05) is 19.6 Å². The summed E-state index contributed by atoms with van der Waals surface area (Å²) in [4.78, 5) is 10.2. The maximum Gasteiger partial charge on any atom is 0.304 e. The zero-order valence-corrected chi connectivity index (χ0v) is 9.46. The van der Waals surface area contributed by atoms with Crippen molar-refractivity contribution in [1.29, 1.82) is 0 Å². The quantitative estimate of drug-likeness (QED) is 0.682. The number of carboxylic acids is 1. The number of hydrogen-bond acceptors (Lipinski definition) is 3. The van der Waals surface area contributed by atoms with Crippen molar-refractivity contribution in [2.45, 2.75) is 19.8 Å². The molecule has 1 aliphatic heterocycles. The molecule has 0 aliphatic carbocycles. The van der Waals surface area contributed by atoms with Crippen LogP contribution in [0.1, 0.15) is 19.8 Å². The molecule has 0 bridgehead atoms. The number of rotatable bonds is 5. The van der Waals surface area contributed by atoms with Gasteiger partial charge in [-0.05, 0) is 12.3 Å². The van der Waals surface area contributed by atoms with Crippen LogP contribution < -0.4 is 4.72 Å². The molecule has 0 spiro atoms. The maximum absolute atomic E-state index is 11.6. The van der Waals surface area contributed by atoms with E-state index in [2.05, 4.69) is 4.72 Å². The molecule has 7 heteroatoms. The second kappa shape index (κ2) is 4.91. The second-order valence-corrected chi connectivity index (χ2v) is 5.55. The summed E-state index contributed by atoms with van der Waals surface area (Å²) in [7, 11) is -3.47. The van der Waals surface area contributed by atoms with E-state index in [9.17, 15) is 13.2 Å². The Morgan fingerprint density at radius 1 is 1.60 bits per heavy atom. The average molecular weight is 236 g/mol. The second-order valence-electron chi connectivity index (χ2n) is 3.79. The molecule has 0 aromatic heterocycles. The Balaban J connectivity index is 2.42. The average Bonchev–Trinajstić information content (AvgIpc) is 2.51. The zero-order chi connectivity index (χ0) is 11.5. The molecule has 1 rings (SSSR count). The fourth-order valence-corrected chi connectivity index (χ4v) is 2.83. The molecule has 1 atom stereocenters. The molecular weight excluding hydrogens is 220 g/mol. The van der Waals surface area contributed by atoms with Crippen LogP contribution in [0.4, 0.5) is 0 Å². The van der Waals surface area contributed by atoms with Gasteiger partial charge in [-0.1, -0.05) is 6.92 Å². The van der Waals surface area contributed by atoms with Crippen molar-refractivity contribution in [3.05, 3.63) is 0 Å². The molecule has 15 heavy (non-hydrogen) atoms. The molecule has 0 aromatic carbocycles. The molecule has 2 N–H and O–H groups in total. The van der Waals surface area contributed by atoms with Crippen LogP contribution in [0, 0.1) is 5.92 Å². The molecule has 1 saturated heterocycles. The molecule has 1 unspecified atom stereocenters. The largest absolute Gasteiger partial charge is 0.481 e. The summed E-state index contributed by atoms with van der Waals surface area (Å²) >= 11 is 0. The summed E-state index contributed by atoms with van der Waals surface area (Å²) in [6.45, 7) is 2.97. The van der Waals surface area contributed by atoms with E-state index in [4.69, 9.17) is 5.11 Å². The third-order valence-electron chi connectivity index (χ3n) is 2.35. The van der Waals surface area contributed by atoms with Crippen LogP contribution in [0.3, 0.4) is 0 Å². The normalized spacial score (nSPS) is 23.1. The zero-order valence-electron chi connectivity index (χ0n) is 8.64. The van der Waals surface area contributed by atoms with Crippen molar-refractivity contribution in [2.24, 2.45) is 5.92 Å². The highest BCUT2D eigenvalue weighted by atomic mass is 32.2. The highest BCUT2D eigenvalue weighted by Crippen LogP contribution is 2.17. The van der Waals surface area contributed by atoms with E-state index in [-0.39, 0.29) is 13.0 Å². The third-order valence-corrected chi connectivity index (χ3v) is 3.93. The molecular formula is C8H16N2O4S. The minimum atomic E-state index is -3.47. The predicted octanol–water partition coefficient (Wildman–Crippen LogP) is -0.363. The Hall–Kier alpha value is -0.660. The van der Waals surface area contributed by atoms with Gasteiger partial charge < -0.3 is 5.11 Å². The molecule has 0 saturated carbocycles. The van der Waals surface area contributed by atoms with Crippen LogP contribution in [0.5, 0.6) is 0 Å². The first kappa shape index (κ1) is 12.4. The van der Waals surface area contributed by atoms with Gasteiger partial charge in [0.25, 0.3) is 10.2 Å². The van der Waals surface area contributed by atoms with Gasteiger partial charge in [-0.2, -0.15) is 12.7 Å². The monoisotopic (exact) mass is 236 g/mol. The first-order chi connectivity index (χ1) is 6.92. The van der Waals surface area contributed by atoms with Crippen molar-refractivity contribution in [3.8, 4) is 0 Å². The van der Waals surface area contributed by atoms with Gasteiger partial charge in [0.15, 0.2) is 0 Å². The van der Waals surface area contributed by atoms with Gasteiger partial charge >= 0.3 is 5.97 Å². The molecule has 0 amide bonds. The van der Waals surface area contributed by atoms with Crippen LogP contribution in [0.15, 0.2) is 0 Å². The standard InChI is InChI=1S/C8H16N2O4S/c1-7-3-5-10(6-7)15(13,14)9-4-2-8(11)12/h7,9H,2-6H2,1H3,(H,11,12). The van der Waals surface area contributed by atoms with Crippen LogP contribution in [0.2, 0.25) is 0 Å². The first-order valence-electron chi connectivity index (χ1n) is 4.88. The lowest BCUT2D eigenvalue weighted by Gasteiger charge is -2.15. The summed E-state index contributed by atoms with van der Waals surface area (Å²) in [5, 5.41) is 8.37. The van der Waals surface area contributed by atoms with Gasteiger partial charge in [0.2, 0.25) is 0 Å². The summed E-state index contributed by atoms with van der Waals surface area (Å²) < 4.78 is 26.8. The molecule has 0 radical (unpaired) electrons. The highest BCUT2D eigenvalue weighted by Gasteiger charge is 2.28. The smallest absolute Gasteiger partial charge is 0.304 e. The lowest BCUT2D eigenvalue weighted by molar-refractivity contribution is -0.136. The fraction of sp³-hybridized carbons (Fsp3) is 0.875. The Labute approximate surface area is 89.4 Å². The van der Waals surface area contributed by atoms with Crippen LogP contribution >= 0.6 is 0 Å². The van der Waals surface area contributed by atoms with Gasteiger partial charge in [-0.3, -0.25) is 4.79 Å². The van der Waals surface area contributed by atoms with Crippen molar-refractivity contribution < 1.29 is 18.3 Å². The number of aliphatic carboxylic acids is 1. The third kappa shape index (κ3) is 3.77. The number of carbonyl (C=O) groups is 1. The molecule has 1 aliphatic rings. The van der Waals surface area contributed by atoms with Gasteiger partial charge in [0.05, 0.1) is 6.42 Å². The van der Waals surface area contributed by atoms with Crippen molar-refractivity contribution in [3.63, 3.8) is 0 Å². The van der Waals surface area contributed by atoms with Gasteiger partial charge in [-0.15, -0.1) is 0 Å². The van der Waals surface area contributed by atoms with Crippen LogP contribution in [0.25, 0.3) is 0 Å². The number of nitrogens with one attached hydrogen (secondary N) is 1. The SMILES string of the molecule is CC1CCN(S(=O)(=O)NCCC(=O)O)C1. The molecule has 1 fully saturated rings. The van der Waals surface area contributed by atoms with E-state index in [0.717, 1.165) is 6.42 Å². The van der Waals surface area contributed by atoms with E-state index >= 15 is 0 Å². The first-order valence-corrected chi connectivity index (χ1v) is 6.32. The van der Waals surface area contributed by atoms with E-state index in [1.807, 2.05) is 6.92 Å². The lowest BCUT2D eigenvalue weighted by atomic mass is 10.2.